The minimum absolute atomic E-state index is 0.0957. The first-order valence-electron chi connectivity index (χ1n) is 6.88. The van der Waals surface area contributed by atoms with Gasteiger partial charge in [-0.05, 0) is 49.4 Å². The first-order chi connectivity index (χ1) is 9.13. The van der Waals surface area contributed by atoms with Gasteiger partial charge in [0.2, 0.25) is 0 Å². The maximum absolute atomic E-state index is 12.4. The summed E-state index contributed by atoms with van der Waals surface area (Å²) in [6.07, 6.45) is 2.55. The number of amides is 1. The molecule has 0 saturated carbocycles. The van der Waals surface area contributed by atoms with Crippen LogP contribution < -0.4 is 0 Å². The van der Waals surface area contributed by atoms with Crippen LogP contribution in [0.25, 0.3) is 0 Å². The molecule has 2 aliphatic heterocycles. The molecule has 2 heterocycles. The lowest BCUT2D eigenvalue weighted by molar-refractivity contribution is -0.143. The van der Waals surface area contributed by atoms with Gasteiger partial charge in [0.05, 0.1) is 6.10 Å². The van der Waals surface area contributed by atoms with E-state index in [4.69, 9.17) is 4.74 Å². The number of aromatic hydroxyl groups is 1. The summed E-state index contributed by atoms with van der Waals surface area (Å²) in [5, 5.41) is 9.53. The molecule has 1 aromatic rings. The Kier molecular flexibility index (Phi) is 3.19. The van der Waals surface area contributed by atoms with E-state index >= 15 is 0 Å². The van der Waals surface area contributed by atoms with Crippen LogP contribution in [0.15, 0.2) is 18.2 Å². The third kappa shape index (κ3) is 2.45. The van der Waals surface area contributed by atoms with E-state index in [1.165, 1.54) is 5.56 Å². The van der Waals surface area contributed by atoms with E-state index in [2.05, 4.69) is 0 Å². The monoisotopic (exact) mass is 261 g/mol. The molecule has 1 N–H and O–H groups in total. The van der Waals surface area contributed by atoms with Crippen LogP contribution >= 0.6 is 0 Å². The van der Waals surface area contributed by atoms with Gasteiger partial charge in [0.1, 0.15) is 11.9 Å². The first-order valence-corrected chi connectivity index (χ1v) is 6.88. The summed E-state index contributed by atoms with van der Waals surface area (Å²) in [5.41, 5.74) is 2.27. The minimum Gasteiger partial charge on any atom is -0.508 e. The van der Waals surface area contributed by atoms with Gasteiger partial charge in [0.25, 0.3) is 5.91 Å². The van der Waals surface area contributed by atoms with Crippen LogP contribution in [0.4, 0.5) is 0 Å². The number of nitrogens with zero attached hydrogens (tertiary/aromatic N) is 1. The van der Waals surface area contributed by atoms with Gasteiger partial charge in [-0.25, -0.2) is 0 Å². The molecule has 4 heteroatoms. The van der Waals surface area contributed by atoms with Crippen molar-refractivity contribution in [1.29, 1.82) is 0 Å². The average molecular weight is 261 g/mol. The molecule has 1 saturated heterocycles. The second-order valence-electron chi connectivity index (χ2n) is 5.48. The first kappa shape index (κ1) is 12.5. The summed E-state index contributed by atoms with van der Waals surface area (Å²) in [6.45, 7) is 3.33. The second kappa shape index (κ2) is 4.85. The normalized spacial score (nSPS) is 26.3. The summed E-state index contributed by atoms with van der Waals surface area (Å²) in [6, 6.07) is 5.41. The van der Waals surface area contributed by atoms with Crippen LogP contribution in [0, 0.1) is 0 Å². The summed E-state index contributed by atoms with van der Waals surface area (Å²) in [4.78, 5) is 14.2. The van der Waals surface area contributed by atoms with Crippen LogP contribution in [0.3, 0.4) is 0 Å². The number of phenols is 1. The van der Waals surface area contributed by atoms with Gasteiger partial charge in [0, 0.05) is 13.1 Å². The fourth-order valence-corrected chi connectivity index (χ4v) is 2.92. The lowest BCUT2D eigenvalue weighted by Crippen LogP contribution is -2.42. The van der Waals surface area contributed by atoms with Gasteiger partial charge < -0.3 is 14.7 Å². The van der Waals surface area contributed by atoms with Gasteiger partial charge in [-0.1, -0.05) is 6.07 Å². The Bertz CT molecular complexity index is 500. The number of ether oxygens (including phenoxy) is 1. The lowest BCUT2D eigenvalue weighted by Gasteiger charge is -2.30. The molecule has 1 amide bonds. The Morgan fingerprint density at radius 2 is 2.21 bits per heavy atom. The summed E-state index contributed by atoms with van der Waals surface area (Å²) < 4.78 is 5.65. The molecule has 0 aromatic heterocycles. The van der Waals surface area contributed by atoms with Crippen LogP contribution in [0.5, 0.6) is 5.75 Å². The van der Waals surface area contributed by atoms with E-state index in [9.17, 15) is 9.90 Å². The predicted octanol–water partition coefficient (Wildman–Crippen LogP) is 1.84. The van der Waals surface area contributed by atoms with Crippen LogP contribution in [-0.4, -0.2) is 34.7 Å². The molecule has 2 aliphatic rings. The van der Waals surface area contributed by atoms with Gasteiger partial charge in [-0.15, -0.1) is 0 Å². The molecule has 2 atom stereocenters. The SMILES string of the molecule is CC1CCC(C(=O)N2CCc3ccc(O)cc3C2)O1. The zero-order valence-corrected chi connectivity index (χ0v) is 11.1. The molecular formula is C15H19NO3. The quantitative estimate of drug-likeness (QED) is 0.839. The molecule has 1 fully saturated rings. The maximum atomic E-state index is 12.4. The second-order valence-corrected chi connectivity index (χ2v) is 5.48. The van der Waals surface area contributed by atoms with Crippen molar-refractivity contribution in [1.82, 2.24) is 4.90 Å². The van der Waals surface area contributed by atoms with E-state index in [1.54, 1.807) is 12.1 Å². The third-order valence-corrected chi connectivity index (χ3v) is 4.02. The molecular weight excluding hydrogens is 242 g/mol. The molecule has 0 bridgehead atoms. The van der Waals surface area contributed by atoms with Crippen LogP contribution in [-0.2, 0) is 22.5 Å². The minimum atomic E-state index is -0.270. The zero-order valence-electron chi connectivity index (χ0n) is 11.1. The highest BCUT2D eigenvalue weighted by atomic mass is 16.5. The standard InChI is InChI=1S/C15H19NO3/c1-10-2-5-14(19-10)15(18)16-7-6-11-3-4-13(17)8-12(11)9-16/h3-4,8,10,14,17H,2,5-7,9H2,1H3. The Morgan fingerprint density at radius 1 is 1.37 bits per heavy atom. The molecule has 102 valence electrons. The fourth-order valence-electron chi connectivity index (χ4n) is 2.92. The summed E-state index contributed by atoms with van der Waals surface area (Å²) >= 11 is 0. The van der Waals surface area contributed by atoms with Crippen molar-refractivity contribution in [3.05, 3.63) is 29.3 Å². The molecule has 1 aromatic carbocycles. The Labute approximate surface area is 113 Å². The molecule has 0 spiro atoms. The highest BCUT2D eigenvalue weighted by molar-refractivity contribution is 5.81. The fraction of sp³-hybridized carbons (Fsp3) is 0.533. The number of rotatable bonds is 1. The van der Waals surface area contributed by atoms with E-state index in [-0.39, 0.29) is 23.9 Å². The van der Waals surface area contributed by atoms with E-state index in [0.717, 1.165) is 31.4 Å². The zero-order chi connectivity index (χ0) is 13.4. The smallest absolute Gasteiger partial charge is 0.252 e. The molecule has 2 unspecified atom stereocenters. The third-order valence-electron chi connectivity index (χ3n) is 4.02. The molecule has 0 radical (unpaired) electrons. The predicted molar refractivity (Wildman–Crippen MR) is 70.8 cm³/mol. The number of hydrogen-bond donors (Lipinski definition) is 1. The van der Waals surface area contributed by atoms with Crippen molar-refractivity contribution in [3.63, 3.8) is 0 Å². The molecule has 3 rings (SSSR count). The van der Waals surface area contributed by atoms with E-state index in [0.29, 0.717) is 6.54 Å². The van der Waals surface area contributed by atoms with Crippen LogP contribution in [0.2, 0.25) is 0 Å². The Morgan fingerprint density at radius 3 is 2.95 bits per heavy atom. The van der Waals surface area contributed by atoms with Crippen molar-refractivity contribution < 1.29 is 14.6 Å². The number of phenolic OH excluding ortho intramolecular Hbond substituents is 1. The molecule has 4 nitrogen and oxygen atoms in total. The highest BCUT2D eigenvalue weighted by Crippen LogP contribution is 2.26. The van der Waals surface area contributed by atoms with Gasteiger partial charge in [-0.2, -0.15) is 0 Å². The van der Waals surface area contributed by atoms with Crippen molar-refractivity contribution in [3.8, 4) is 5.75 Å². The lowest BCUT2D eigenvalue weighted by atomic mass is 9.99. The molecule has 19 heavy (non-hydrogen) atoms. The number of fused-ring (bicyclic) bond motifs is 1. The molecule has 0 aliphatic carbocycles. The van der Waals surface area contributed by atoms with Crippen molar-refractivity contribution >= 4 is 5.91 Å². The number of carbonyl (C=O) groups excluding carboxylic acids is 1. The van der Waals surface area contributed by atoms with Gasteiger partial charge in [0.15, 0.2) is 0 Å². The van der Waals surface area contributed by atoms with Crippen molar-refractivity contribution in [2.75, 3.05) is 6.54 Å². The summed E-state index contributed by atoms with van der Waals surface area (Å²) in [5.74, 6) is 0.358. The highest BCUT2D eigenvalue weighted by Gasteiger charge is 2.32. The van der Waals surface area contributed by atoms with Crippen molar-refractivity contribution in [2.45, 2.75) is 44.9 Å². The summed E-state index contributed by atoms with van der Waals surface area (Å²) in [7, 11) is 0. The van der Waals surface area contributed by atoms with Gasteiger partial charge in [-0.3, -0.25) is 4.79 Å². The number of benzene rings is 1. The van der Waals surface area contributed by atoms with E-state index < -0.39 is 0 Å². The number of carbonyl (C=O) groups is 1. The van der Waals surface area contributed by atoms with Gasteiger partial charge >= 0.3 is 0 Å². The van der Waals surface area contributed by atoms with E-state index in [1.807, 2.05) is 17.9 Å². The van der Waals surface area contributed by atoms with Crippen LogP contribution in [0.1, 0.15) is 30.9 Å². The maximum Gasteiger partial charge on any atom is 0.252 e. The van der Waals surface area contributed by atoms with Crippen molar-refractivity contribution in [2.24, 2.45) is 0 Å². The Hall–Kier alpha value is -1.55. The largest absolute Gasteiger partial charge is 0.508 e. The average Bonchev–Trinajstić information content (AvgIpc) is 2.83. The number of hydrogen-bond acceptors (Lipinski definition) is 3. The Balaban J connectivity index is 1.73. The topological polar surface area (TPSA) is 49.8 Å².